The molecule has 1 aromatic carbocycles. The van der Waals surface area contributed by atoms with Gasteiger partial charge in [-0.15, -0.1) is 0 Å². The van der Waals surface area contributed by atoms with Crippen molar-refractivity contribution in [1.82, 2.24) is 24.6 Å². The first-order chi connectivity index (χ1) is 17.4. The molecule has 4 heterocycles. The molecule has 3 N–H and O–H groups in total. The molecule has 10 nitrogen and oxygen atoms in total. The summed E-state index contributed by atoms with van der Waals surface area (Å²) in [5.41, 5.74) is 9.65. The minimum absolute atomic E-state index is 0.0277. The zero-order valence-corrected chi connectivity index (χ0v) is 20.5. The van der Waals surface area contributed by atoms with Crippen molar-refractivity contribution < 1.29 is 9.59 Å². The summed E-state index contributed by atoms with van der Waals surface area (Å²) in [6.07, 6.45) is 9.37. The molecule has 2 aliphatic heterocycles. The number of nitrogens with zero attached hydrogens (tertiary/aromatic N) is 6. The van der Waals surface area contributed by atoms with Gasteiger partial charge < -0.3 is 20.9 Å². The number of piperidine rings is 1. The number of aromatic nitrogens is 4. The first kappa shape index (κ1) is 22.5. The Morgan fingerprint density at radius 1 is 1.17 bits per heavy atom. The molecule has 6 rings (SSSR count). The summed E-state index contributed by atoms with van der Waals surface area (Å²) in [6.45, 7) is 3.57. The molecule has 3 aliphatic rings. The fourth-order valence-corrected chi connectivity index (χ4v) is 5.57. The Morgan fingerprint density at radius 3 is 2.72 bits per heavy atom. The summed E-state index contributed by atoms with van der Waals surface area (Å²) in [5, 5.41) is 7.27. The topological polar surface area (TPSA) is 122 Å². The van der Waals surface area contributed by atoms with Crippen molar-refractivity contribution in [3.8, 4) is 0 Å². The Morgan fingerprint density at radius 2 is 2.00 bits per heavy atom. The van der Waals surface area contributed by atoms with E-state index in [0.717, 1.165) is 30.5 Å². The maximum atomic E-state index is 13.4. The molecule has 0 unspecified atom stereocenters. The maximum absolute atomic E-state index is 13.4. The second-order valence-corrected chi connectivity index (χ2v) is 10.1. The van der Waals surface area contributed by atoms with Crippen molar-refractivity contribution >= 4 is 29.1 Å². The number of hydrogen-bond donors (Lipinski definition) is 2. The monoisotopic (exact) mass is 486 g/mol. The van der Waals surface area contributed by atoms with E-state index in [1.54, 1.807) is 23.3 Å². The van der Waals surface area contributed by atoms with E-state index in [0.29, 0.717) is 29.8 Å². The smallest absolute Gasteiger partial charge is 0.271 e. The molecule has 2 amide bonds. The molecule has 1 aliphatic carbocycles. The van der Waals surface area contributed by atoms with E-state index in [2.05, 4.69) is 39.4 Å². The highest BCUT2D eigenvalue weighted by Crippen LogP contribution is 2.42. The fourth-order valence-electron chi connectivity index (χ4n) is 5.57. The molecule has 36 heavy (non-hydrogen) atoms. The molecule has 186 valence electrons. The second kappa shape index (κ2) is 8.61. The van der Waals surface area contributed by atoms with Crippen molar-refractivity contribution in [2.75, 3.05) is 16.8 Å². The van der Waals surface area contributed by atoms with Gasteiger partial charge in [0.2, 0.25) is 0 Å². The summed E-state index contributed by atoms with van der Waals surface area (Å²) in [4.78, 5) is 38.7. The molecule has 2 atom stereocenters. The van der Waals surface area contributed by atoms with Gasteiger partial charge in [-0.2, -0.15) is 5.10 Å². The van der Waals surface area contributed by atoms with Gasteiger partial charge in [0.05, 0.1) is 24.1 Å². The van der Waals surface area contributed by atoms with Crippen LogP contribution in [0.3, 0.4) is 0 Å². The Hall–Kier alpha value is -3.95. The van der Waals surface area contributed by atoms with Gasteiger partial charge in [-0.1, -0.05) is 12.1 Å². The highest BCUT2D eigenvalue weighted by molar-refractivity contribution is 5.99. The van der Waals surface area contributed by atoms with Gasteiger partial charge >= 0.3 is 0 Å². The highest BCUT2D eigenvalue weighted by Gasteiger charge is 2.40. The van der Waals surface area contributed by atoms with Crippen molar-refractivity contribution in [3.63, 3.8) is 0 Å². The van der Waals surface area contributed by atoms with Gasteiger partial charge in [0.1, 0.15) is 5.82 Å². The van der Waals surface area contributed by atoms with Gasteiger partial charge in [-0.3, -0.25) is 14.3 Å². The molecular weight excluding hydrogens is 456 g/mol. The van der Waals surface area contributed by atoms with Crippen LogP contribution in [0.5, 0.6) is 0 Å². The zero-order valence-electron chi connectivity index (χ0n) is 20.5. The number of amides is 2. The number of aryl methyl sites for hydroxylation is 1. The minimum atomic E-state index is -0.656. The van der Waals surface area contributed by atoms with Crippen LogP contribution in [0.25, 0.3) is 0 Å². The molecule has 0 radical (unpaired) electrons. The number of rotatable bonds is 6. The molecule has 1 saturated heterocycles. The van der Waals surface area contributed by atoms with E-state index < -0.39 is 5.91 Å². The number of anilines is 3. The third-order valence-corrected chi connectivity index (χ3v) is 7.61. The molecule has 2 aromatic heterocycles. The SMILES string of the molecule is C[C@@H]1[C@H](N2Cc3cc(C4CC4)ccc3C2=O)CCCN1c1cnc(C(N)=O)c(Nc2cnn(C)c2)n1. The van der Waals surface area contributed by atoms with Gasteiger partial charge in [0.25, 0.3) is 11.8 Å². The van der Waals surface area contributed by atoms with Gasteiger partial charge in [-0.05, 0) is 55.7 Å². The van der Waals surface area contributed by atoms with Crippen molar-refractivity contribution in [3.05, 3.63) is 59.2 Å². The lowest BCUT2D eigenvalue weighted by atomic mass is 9.96. The van der Waals surface area contributed by atoms with Crippen LogP contribution in [0.15, 0.2) is 36.8 Å². The summed E-state index contributed by atoms with van der Waals surface area (Å²) in [6, 6.07) is 6.46. The second-order valence-electron chi connectivity index (χ2n) is 10.1. The predicted molar refractivity (Wildman–Crippen MR) is 135 cm³/mol. The van der Waals surface area contributed by atoms with Crippen LogP contribution in [0.2, 0.25) is 0 Å². The van der Waals surface area contributed by atoms with Crippen LogP contribution in [-0.4, -0.2) is 55.1 Å². The Kier molecular flexibility index (Phi) is 5.39. The Labute approximate surface area is 209 Å². The number of benzene rings is 1. The fraction of sp³-hybridized carbons (Fsp3) is 0.423. The van der Waals surface area contributed by atoms with Crippen LogP contribution in [0.1, 0.15) is 70.5 Å². The van der Waals surface area contributed by atoms with E-state index >= 15 is 0 Å². The van der Waals surface area contributed by atoms with Crippen LogP contribution in [-0.2, 0) is 13.6 Å². The normalized spacial score (nSPS) is 21.6. The number of hydrogen-bond acceptors (Lipinski definition) is 7. The number of carbonyl (C=O) groups is 2. The lowest BCUT2D eigenvalue weighted by molar-refractivity contribution is 0.0645. The molecule has 0 bridgehead atoms. The largest absolute Gasteiger partial charge is 0.364 e. The molecule has 0 spiro atoms. The lowest BCUT2D eigenvalue weighted by Crippen LogP contribution is -2.54. The lowest BCUT2D eigenvalue weighted by Gasteiger charge is -2.43. The average molecular weight is 487 g/mol. The van der Waals surface area contributed by atoms with Gasteiger partial charge in [-0.25, -0.2) is 9.97 Å². The third-order valence-electron chi connectivity index (χ3n) is 7.61. The van der Waals surface area contributed by atoms with Crippen LogP contribution < -0.4 is 16.0 Å². The van der Waals surface area contributed by atoms with E-state index in [4.69, 9.17) is 10.7 Å². The molecule has 2 fully saturated rings. The van der Waals surface area contributed by atoms with E-state index in [9.17, 15) is 9.59 Å². The Bertz CT molecular complexity index is 1350. The number of carbonyl (C=O) groups excluding carboxylic acids is 2. The minimum Gasteiger partial charge on any atom is -0.364 e. The standard InChI is InChI=1S/C26H30N8O2/c1-15-21(34-13-18-10-17(16-5-6-16)7-8-20(18)26(34)36)4-3-9-33(15)22-12-28-23(24(27)35)25(31-22)30-19-11-29-32(2)14-19/h7-8,10-12,14-16,21H,3-6,9,13H2,1-2H3,(H2,27,35)(H,30,31)/t15-,21-/m1/s1. The van der Waals surface area contributed by atoms with Gasteiger partial charge in [0.15, 0.2) is 11.5 Å². The quantitative estimate of drug-likeness (QED) is 0.549. The van der Waals surface area contributed by atoms with Crippen LogP contribution >= 0.6 is 0 Å². The number of fused-ring (bicyclic) bond motifs is 1. The number of nitrogens with two attached hydrogens (primary N) is 1. The maximum Gasteiger partial charge on any atom is 0.271 e. The van der Waals surface area contributed by atoms with Gasteiger partial charge in [0, 0.05) is 37.9 Å². The zero-order chi connectivity index (χ0) is 25.0. The van der Waals surface area contributed by atoms with Crippen LogP contribution in [0.4, 0.5) is 17.3 Å². The highest BCUT2D eigenvalue weighted by atomic mass is 16.2. The average Bonchev–Trinajstić information content (AvgIpc) is 3.56. The molecular formula is C26H30N8O2. The van der Waals surface area contributed by atoms with Crippen molar-refractivity contribution in [1.29, 1.82) is 0 Å². The summed E-state index contributed by atoms with van der Waals surface area (Å²) < 4.78 is 1.65. The van der Waals surface area contributed by atoms with Crippen molar-refractivity contribution in [2.24, 2.45) is 12.8 Å². The molecule has 1 saturated carbocycles. The number of primary amides is 1. The summed E-state index contributed by atoms with van der Waals surface area (Å²) in [7, 11) is 1.81. The number of nitrogens with one attached hydrogen (secondary N) is 1. The summed E-state index contributed by atoms with van der Waals surface area (Å²) in [5.74, 6) is 1.06. The third kappa shape index (κ3) is 3.96. The predicted octanol–water partition coefficient (Wildman–Crippen LogP) is 2.94. The first-order valence-electron chi connectivity index (χ1n) is 12.5. The molecule has 3 aromatic rings. The van der Waals surface area contributed by atoms with Crippen LogP contribution in [0, 0.1) is 0 Å². The van der Waals surface area contributed by atoms with E-state index in [1.807, 2.05) is 18.0 Å². The van der Waals surface area contributed by atoms with E-state index in [1.165, 1.54) is 18.4 Å². The van der Waals surface area contributed by atoms with E-state index in [-0.39, 0.29) is 23.7 Å². The first-order valence-corrected chi connectivity index (χ1v) is 12.5. The molecule has 10 heteroatoms. The summed E-state index contributed by atoms with van der Waals surface area (Å²) >= 11 is 0. The Balaban J connectivity index is 1.26. The van der Waals surface area contributed by atoms with Crippen molar-refractivity contribution in [2.45, 2.75) is 57.2 Å².